The topological polar surface area (TPSA) is 118 Å². The van der Waals surface area contributed by atoms with Crippen molar-refractivity contribution in [1.29, 1.82) is 0 Å². The van der Waals surface area contributed by atoms with Gasteiger partial charge in [-0.15, -0.1) is 11.3 Å². The van der Waals surface area contributed by atoms with Crippen molar-refractivity contribution >= 4 is 39.1 Å². The van der Waals surface area contributed by atoms with Crippen molar-refractivity contribution in [3.8, 4) is 22.2 Å². The molecule has 3 N–H and O–H groups in total. The second kappa shape index (κ2) is 10.8. The van der Waals surface area contributed by atoms with E-state index < -0.39 is 22.0 Å². The maximum atomic E-state index is 15.5. The lowest BCUT2D eigenvalue weighted by Gasteiger charge is -2.26. The summed E-state index contributed by atoms with van der Waals surface area (Å²) in [5.41, 5.74) is 0.343. The summed E-state index contributed by atoms with van der Waals surface area (Å²) >= 11 is 1.32. The van der Waals surface area contributed by atoms with Crippen molar-refractivity contribution < 1.29 is 21.9 Å². The van der Waals surface area contributed by atoms with E-state index in [1.165, 1.54) is 29.5 Å². The molecule has 3 heterocycles. The molecule has 2 aromatic heterocycles. The molecule has 39 heavy (non-hydrogen) atoms. The average molecular weight is 577 g/mol. The molecule has 0 radical (unpaired) electrons. The van der Waals surface area contributed by atoms with E-state index >= 15 is 4.39 Å². The maximum absolute atomic E-state index is 15.5. The molecular formula is C26H30F2N6O3S2. The van der Waals surface area contributed by atoms with Crippen LogP contribution in [0.15, 0.2) is 31.0 Å². The molecule has 13 heteroatoms. The molecule has 2 aliphatic rings. The predicted molar refractivity (Wildman–Crippen MR) is 149 cm³/mol. The van der Waals surface area contributed by atoms with Crippen LogP contribution < -0.4 is 20.1 Å². The van der Waals surface area contributed by atoms with E-state index in [2.05, 4.69) is 36.9 Å². The van der Waals surface area contributed by atoms with Gasteiger partial charge in [-0.2, -0.15) is 0 Å². The number of nitrogens with one attached hydrogen (secondary N) is 3. The number of aryl methyl sites for hydroxylation is 1. The van der Waals surface area contributed by atoms with Crippen LogP contribution in [0.3, 0.4) is 0 Å². The zero-order chi connectivity index (χ0) is 27.8. The molecule has 9 nitrogen and oxygen atoms in total. The summed E-state index contributed by atoms with van der Waals surface area (Å²) in [6.07, 6.45) is 3.92. The number of thiazole rings is 1. The first-order chi connectivity index (χ1) is 18.5. The molecule has 1 aliphatic heterocycles. The number of anilines is 2. The minimum atomic E-state index is -3.67. The number of halogens is 2. The van der Waals surface area contributed by atoms with Gasteiger partial charge in [0.25, 0.3) is 0 Å². The van der Waals surface area contributed by atoms with Crippen molar-refractivity contribution in [2.75, 3.05) is 28.9 Å². The first kappa shape index (κ1) is 27.4. The molecular weight excluding hydrogens is 546 g/mol. The van der Waals surface area contributed by atoms with Crippen LogP contribution in [0, 0.1) is 18.2 Å². The van der Waals surface area contributed by atoms with Gasteiger partial charge in [-0.25, -0.2) is 32.2 Å². The van der Waals surface area contributed by atoms with Crippen LogP contribution in [0.5, 0.6) is 11.6 Å². The summed E-state index contributed by atoms with van der Waals surface area (Å²) in [5, 5.41) is 6.86. The molecule has 208 valence electrons. The van der Waals surface area contributed by atoms with Crippen LogP contribution >= 0.6 is 11.3 Å². The summed E-state index contributed by atoms with van der Waals surface area (Å²) in [5.74, 6) is -0.450. The first-order valence-corrected chi connectivity index (χ1v) is 15.1. The van der Waals surface area contributed by atoms with Crippen LogP contribution in [0.1, 0.15) is 36.8 Å². The fourth-order valence-electron chi connectivity index (χ4n) is 4.44. The molecule has 3 aromatic rings. The Bertz CT molecular complexity index is 1490. The molecule has 5 rings (SSSR count). The Morgan fingerprint density at radius 3 is 2.79 bits per heavy atom. The van der Waals surface area contributed by atoms with Gasteiger partial charge in [0.2, 0.25) is 21.9 Å². The molecule has 1 aromatic carbocycles. The molecule has 0 unspecified atom stereocenters. The molecule has 1 saturated heterocycles. The summed E-state index contributed by atoms with van der Waals surface area (Å²) in [6.45, 7) is 8.28. The van der Waals surface area contributed by atoms with Crippen molar-refractivity contribution in [3.05, 3.63) is 47.4 Å². The zero-order valence-electron chi connectivity index (χ0n) is 21.6. The van der Waals surface area contributed by atoms with E-state index in [0.717, 1.165) is 12.8 Å². The van der Waals surface area contributed by atoms with E-state index in [9.17, 15) is 12.8 Å². The van der Waals surface area contributed by atoms with Crippen molar-refractivity contribution in [2.45, 2.75) is 45.3 Å². The van der Waals surface area contributed by atoms with Gasteiger partial charge in [0, 0.05) is 37.3 Å². The SMILES string of the molecule is C=Cc1c(NS(=O)(=O)CC2(C)CC2)ccc(Oc2nc(C)sc2-c2ccnc(N[C@@H]3CNC[C@@H](F)C3)n2)c1F. The fourth-order valence-corrected chi connectivity index (χ4v) is 7.05. The van der Waals surface area contributed by atoms with Crippen LogP contribution in [0.4, 0.5) is 20.4 Å². The van der Waals surface area contributed by atoms with Crippen molar-refractivity contribution in [3.63, 3.8) is 0 Å². The fraction of sp³-hybridized carbons (Fsp3) is 0.423. The Morgan fingerprint density at radius 1 is 1.28 bits per heavy atom. The van der Waals surface area contributed by atoms with Gasteiger partial charge >= 0.3 is 0 Å². The predicted octanol–water partition coefficient (Wildman–Crippen LogP) is 5.14. The normalized spacial score (nSPS) is 20.3. The van der Waals surface area contributed by atoms with E-state index in [-0.39, 0.29) is 40.1 Å². The van der Waals surface area contributed by atoms with Gasteiger partial charge in [0.1, 0.15) is 11.0 Å². The number of sulfonamides is 1. The molecule has 0 amide bonds. The second-order valence-corrected chi connectivity index (χ2v) is 13.2. The number of alkyl halides is 1. The summed E-state index contributed by atoms with van der Waals surface area (Å²) in [4.78, 5) is 13.8. The Balaban J connectivity index is 1.38. The largest absolute Gasteiger partial charge is 0.434 e. The Labute approximate surface area is 230 Å². The minimum absolute atomic E-state index is 0.0219. The van der Waals surface area contributed by atoms with Crippen molar-refractivity contribution in [1.82, 2.24) is 20.3 Å². The molecule has 1 saturated carbocycles. The van der Waals surface area contributed by atoms with Crippen molar-refractivity contribution in [2.24, 2.45) is 5.41 Å². The van der Waals surface area contributed by atoms with Crippen LogP contribution in [0.25, 0.3) is 16.6 Å². The molecule has 0 spiro atoms. The number of ether oxygens (including phenoxy) is 1. The molecule has 0 bridgehead atoms. The Kier molecular flexibility index (Phi) is 7.57. The Hall–Kier alpha value is -3.16. The number of hydrogen-bond donors (Lipinski definition) is 3. The summed E-state index contributed by atoms with van der Waals surface area (Å²) in [6, 6.07) is 4.33. The standard InChI is InChI=1S/C26H30F2N6O3S2/c1-4-18-19(34-39(35,36)14-26(3)8-9-26)5-6-21(22(18)28)37-24-23(38-15(2)31-24)20-7-10-30-25(33-20)32-17-11-16(27)12-29-13-17/h4-7,10,16-17,29,34H,1,8-9,11-14H2,2-3H3,(H,30,32,33)/t16-,17-/m0/s1. The van der Waals surface area contributed by atoms with Crippen LogP contribution in [-0.2, 0) is 10.0 Å². The lowest BCUT2D eigenvalue weighted by molar-refractivity contribution is 0.254. The number of aromatic nitrogens is 3. The van der Waals surface area contributed by atoms with Crippen LogP contribution in [0.2, 0.25) is 0 Å². The lowest BCUT2D eigenvalue weighted by atomic mass is 10.1. The third-order valence-electron chi connectivity index (χ3n) is 6.68. The summed E-state index contributed by atoms with van der Waals surface area (Å²) < 4.78 is 62.9. The van der Waals surface area contributed by atoms with E-state index in [4.69, 9.17) is 4.74 Å². The first-order valence-electron chi connectivity index (χ1n) is 12.6. The van der Waals surface area contributed by atoms with E-state index in [1.54, 1.807) is 19.2 Å². The number of hydrogen-bond acceptors (Lipinski definition) is 9. The highest BCUT2D eigenvalue weighted by Gasteiger charge is 2.41. The van der Waals surface area contributed by atoms with E-state index in [1.807, 2.05) is 6.92 Å². The highest BCUT2D eigenvalue weighted by atomic mass is 32.2. The second-order valence-electron chi connectivity index (χ2n) is 10.3. The monoisotopic (exact) mass is 576 g/mol. The van der Waals surface area contributed by atoms with E-state index in [0.29, 0.717) is 41.0 Å². The lowest BCUT2D eigenvalue weighted by Crippen LogP contribution is -2.44. The average Bonchev–Trinajstić information content (AvgIpc) is 3.46. The third-order valence-corrected chi connectivity index (χ3v) is 9.27. The van der Waals surface area contributed by atoms with Gasteiger partial charge in [-0.1, -0.05) is 19.6 Å². The van der Waals surface area contributed by atoms with Gasteiger partial charge in [0.15, 0.2) is 11.6 Å². The smallest absolute Gasteiger partial charge is 0.240 e. The van der Waals surface area contributed by atoms with Gasteiger partial charge in [0.05, 0.1) is 22.1 Å². The molecule has 2 atom stereocenters. The summed E-state index contributed by atoms with van der Waals surface area (Å²) in [7, 11) is -3.67. The number of piperidine rings is 1. The van der Waals surface area contributed by atoms with Crippen LogP contribution in [-0.4, -0.2) is 54.4 Å². The number of benzene rings is 1. The third kappa shape index (κ3) is 6.53. The number of rotatable bonds is 10. The maximum Gasteiger partial charge on any atom is 0.240 e. The zero-order valence-corrected chi connectivity index (χ0v) is 23.3. The highest BCUT2D eigenvalue weighted by Crippen LogP contribution is 2.46. The Morgan fingerprint density at radius 2 is 2.08 bits per heavy atom. The molecule has 1 aliphatic carbocycles. The minimum Gasteiger partial charge on any atom is -0.434 e. The quantitative estimate of drug-likeness (QED) is 0.304. The van der Waals surface area contributed by atoms with Gasteiger partial charge in [-0.3, -0.25) is 4.72 Å². The van der Waals surface area contributed by atoms with Gasteiger partial charge < -0.3 is 15.4 Å². The number of nitrogens with zero attached hydrogens (tertiary/aromatic N) is 3. The van der Waals surface area contributed by atoms with Gasteiger partial charge in [-0.05, 0) is 43.4 Å². The molecule has 2 fully saturated rings. The highest BCUT2D eigenvalue weighted by molar-refractivity contribution is 7.92.